The first kappa shape index (κ1) is 14.2. The maximum absolute atomic E-state index is 13.1. The van der Waals surface area contributed by atoms with Crippen LogP contribution in [0.25, 0.3) is 10.2 Å². The van der Waals surface area contributed by atoms with E-state index in [0.29, 0.717) is 0 Å². The minimum absolute atomic E-state index is 0.138. The summed E-state index contributed by atoms with van der Waals surface area (Å²) < 4.78 is 19.1. The zero-order valence-electron chi connectivity index (χ0n) is 11.5. The van der Waals surface area contributed by atoms with E-state index in [2.05, 4.69) is 24.1 Å². The topological polar surface area (TPSA) is 34.1 Å². The van der Waals surface area contributed by atoms with Crippen LogP contribution in [0, 0.1) is 11.2 Å². The van der Waals surface area contributed by atoms with E-state index >= 15 is 0 Å². The third-order valence-corrected chi connectivity index (χ3v) is 4.03. The molecule has 0 fully saturated rings. The lowest BCUT2D eigenvalue weighted by molar-refractivity contribution is 0.157. The van der Waals surface area contributed by atoms with E-state index in [1.165, 1.54) is 23.5 Å². The summed E-state index contributed by atoms with van der Waals surface area (Å²) in [6.07, 6.45) is 0.982. The number of hydrogen-bond donors (Lipinski definition) is 1. The van der Waals surface area contributed by atoms with E-state index in [9.17, 15) is 4.39 Å². The van der Waals surface area contributed by atoms with Gasteiger partial charge in [-0.15, -0.1) is 0 Å². The van der Waals surface area contributed by atoms with E-state index in [1.54, 1.807) is 13.2 Å². The molecular formula is C14H19FN2OS. The molecule has 0 aliphatic rings. The third kappa shape index (κ3) is 3.88. The molecule has 104 valence electrons. The van der Waals surface area contributed by atoms with Crippen LogP contribution >= 0.6 is 11.3 Å². The average molecular weight is 282 g/mol. The molecule has 0 aliphatic heterocycles. The van der Waals surface area contributed by atoms with Crippen LogP contribution in [0.1, 0.15) is 20.3 Å². The van der Waals surface area contributed by atoms with Gasteiger partial charge in [-0.3, -0.25) is 0 Å². The Morgan fingerprint density at radius 1 is 1.42 bits per heavy atom. The number of thiazole rings is 1. The number of rotatable bonds is 6. The van der Waals surface area contributed by atoms with Gasteiger partial charge in [-0.2, -0.15) is 0 Å². The first-order chi connectivity index (χ1) is 9.00. The zero-order valence-corrected chi connectivity index (χ0v) is 12.3. The summed E-state index contributed by atoms with van der Waals surface area (Å²) in [6, 6.07) is 4.67. The quantitative estimate of drug-likeness (QED) is 0.872. The van der Waals surface area contributed by atoms with Gasteiger partial charge in [0.25, 0.3) is 0 Å². The van der Waals surface area contributed by atoms with Crippen molar-refractivity contribution < 1.29 is 9.13 Å². The molecule has 0 aliphatic carbocycles. The molecule has 0 unspecified atom stereocenters. The normalized spacial score (nSPS) is 12.0. The lowest BCUT2D eigenvalue weighted by Gasteiger charge is -2.24. The van der Waals surface area contributed by atoms with Gasteiger partial charge in [0.2, 0.25) is 0 Å². The van der Waals surface area contributed by atoms with Crippen molar-refractivity contribution in [2.75, 3.05) is 25.6 Å². The molecule has 0 radical (unpaired) electrons. The number of halogens is 1. The number of benzene rings is 1. The predicted octanol–water partition coefficient (Wildman–Crippen LogP) is 3.91. The zero-order chi connectivity index (χ0) is 13.9. The smallest absolute Gasteiger partial charge is 0.183 e. The van der Waals surface area contributed by atoms with E-state index < -0.39 is 0 Å². The SMILES string of the molecule is COCCC(C)(C)CNc1nc2ccc(F)cc2s1. The maximum Gasteiger partial charge on any atom is 0.183 e. The van der Waals surface area contributed by atoms with Crippen LogP contribution in [0.2, 0.25) is 0 Å². The van der Waals surface area contributed by atoms with Crippen molar-refractivity contribution in [1.29, 1.82) is 0 Å². The standard InChI is InChI=1S/C14H19FN2OS/c1-14(2,6-7-18-3)9-16-13-17-11-5-4-10(15)8-12(11)19-13/h4-5,8H,6-7,9H2,1-3H3,(H,16,17). The minimum atomic E-state index is -0.219. The van der Waals surface area contributed by atoms with Gasteiger partial charge >= 0.3 is 0 Å². The molecule has 0 bridgehead atoms. The van der Waals surface area contributed by atoms with Crippen LogP contribution in [0.3, 0.4) is 0 Å². The number of nitrogens with zero attached hydrogens (tertiary/aromatic N) is 1. The van der Waals surface area contributed by atoms with Crippen molar-refractivity contribution in [3.63, 3.8) is 0 Å². The molecule has 0 amide bonds. The van der Waals surface area contributed by atoms with Gasteiger partial charge in [0, 0.05) is 20.3 Å². The molecule has 1 aromatic heterocycles. The minimum Gasteiger partial charge on any atom is -0.385 e. The van der Waals surface area contributed by atoms with Crippen molar-refractivity contribution in [2.45, 2.75) is 20.3 Å². The van der Waals surface area contributed by atoms with E-state index in [0.717, 1.165) is 34.9 Å². The maximum atomic E-state index is 13.1. The van der Waals surface area contributed by atoms with E-state index in [4.69, 9.17) is 4.74 Å². The lowest BCUT2D eigenvalue weighted by atomic mass is 9.90. The second-order valence-corrected chi connectivity index (χ2v) is 6.42. The summed E-state index contributed by atoms with van der Waals surface area (Å²) in [5, 5.41) is 4.17. The fourth-order valence-corrected chi connectivity index (χ4v) is 2.64. The molecule has 0 saturated carbocycles. The number of nitrogens with one attached hydrogen (secondary N) is 1. The largest absolute Gasteiger partial charge is 0.385 e. The van der Waals surface area contributed by atoms with Gasteiger partial charge in [0.1, 0.15) is 5.82 Å². The fourth-order valence-electron chi connectivity index (χ4n) is 1.76. The van der Waals surface area contributed by atoms with Gasteiger partial charge in [-0.25, -0.2) is 9.37 Å². The van der Waals surface area contributed by atoms with Gasteiger partial charge in [-0.05, 0) is 30.0 Å². The van der Waals surface area contributed by atoms with Gasteiger partial charge in [0.15, 0.2) is 5.13 Å². The Morgan fingerprint density at radius 2 is 2.21 bits per heavy atom. The molecule has 19 heavy (non-hydrogen) atoms. The van der Waals surface area contributed by atoms with E-state index in [-0.39, 0.29) is 11.2 Å². The van der Waals surface area contributed by atoms with Gasteiger partial charge in [0.05, 0.1) is 10.2 Å². The summed E-state index contributed by atoms with van der Waals surface area (Å²) in [5.41, 5.74) is 0.975. The van der Waals surface area contributed by atoms with Crippen LogP contribution in [-0.4, -0.2) is 25.2 Å². The van der Waals surface area contributed by atoms with Crippen molar-refractivity contribution in [1.82, 2.24) is 4.98 Å². The summed E-state index contributed by atoms with van der Waals surface area (Å²) in [6.45, 7) is 5.94. The number of hydrogen-bond acceptors (Lipinski definition) is 4. The highest BCUT2D eigenvalue weighted by Gasteiger charge is 2.18. The molecule has 2 rings (SSSR count). The average Bonchev–Trinajstić information content (AvgIpc) is 2.76. The van der Waals surface area contributed by atoms with Crippen molar-refractivity contribution >= 4 is 26.7 Å². The van der Waals surface area contributed by atoms with Crippen LogP contribution in [0.15, 0.2) is 18.2 Å². The van der Waals surface area contributed by atoms with Gasteiger partial charge < -0.3 is 10.1 Å². The third-order valence-electron chi connectivity index (χ3n) is 3.05. The molecule has 1 N–H and O–H groups in total. The molecule has 3 nitrogen and oxygen atoms in total. The highest BCUT2D eigenvalue weighted by Crippen LogP contribution is 2.28. The molecule has 5 heteroatoms. The molecule has 0 atom stereocenters. The highest BCUT2D eigenvalue weighted by atomic mass is 32.1. The summed E-state index contributed by atoms with van der Waals surface area (Å²) in [7, 11) is 1.71. The molecular weight excluding hydrogens is 263 g/mol. The molecule has 1 heterocycles. The summed E-state index contributed by atoms with van der Waals surface area (Å²) in [5.74, 6) is -0.219. The first-order valence-electron chi connectivity index (χ1n) is 6.29. The Hall–Kier alpha value is -1.20. The first-order valence-corrected chi connectivity index (χ1v) is 7.11. The number of ether oxygens (including phenoxy) is 1. The number of fused-ring (bicyclic) bond motifs is 1. The summed E-state index contributed by atoms with van der Waals surface area (Å²) in [4.78, 5) is 4.45. The lowest BCUT2D eigenvalue weighted by Crippen LogP contribution is -2.24. The number of aromatic nitrogens is 1. The van der Waals surface area contributed by atoms with Crippen molar-refractivity contribution in [2.24, 2.45) is 5.41 Å². The summed E-state index contributed by atoms with van der Waals surface area (Å²) >= 11 is 1.48. The number of anilines is 1. The Labute approximate surface area is 116 Å². The monoisotopic (exact) mass is 282 g/mol. The molecule has 1 aromatic carbocycles. The second-order valence-electron chi connectivity index (χ2n) is 5.39. The van der Waals surface area contributed by atoms with Crippen molar-refractivity contribution in [3.05, 3.63) is 24.0 Å². The second kappa shape index (κ2) is 5.84. The predicted molar refractivity (Wildman–Crippen MR) is 78.3 cm³/mol. The molecule has 0 saturated heterocycles. The molecule has 2 aromatic rings. The number of methoxy groups -OCH3 is 1. The van der Waals surface area contributed by atoms with Gasteiger partial charge in [-0.1, -0.05) is 25.2 Å². The fraction of sp³-hybridized carbons (Fsp3) is 0.500. The Balaban J connectivity index is 2.01. The van der Waals surface area contributed by atoms with Crippen LogP contribution in [-0.2, 0) is 4.74 Å². The van der Waals surface area contributed by atoms with E-state index in [1.807, 2.05) is 0 Å². The Kier molecular flexibility index (Phi) is 4.37. The Morgan fingerprint density at radius 3 is 2.95 bits per heavy atom. The van der Waals surface area contributed by atoms with Crippen LogP contribution in [0.5, 0.6) is 0 Å². The van der Waals surface area contributed by atoms with Crippen LogP contribution in [0.4, 0.5) is 9.52 Å². The molecule has 0 spiro atoms. The Bertz CT molecular complexity index is 553. The van der Waals surface area contributed by atoms with Crippen LogP contribution < -0.4 is 5.32 Å². The highest BCUT2D eigenvalue weighted by molar-refractivity contribution is 7.22. The van der Waals surface area contributed by atoms with Crippen molar-refractivity contribution in [3.8, 4) is 0 Å².